The van der Waals surface area contributed by atoms with E-state index in [0.29, 0.717) is 30.1 Å². The van der Waals surface area contributed by atoms with Gasteiger partial charge in [-0.3, -0.25) is 9.59 Å². The van der Waals surface area contributed by atoms with E-state index in [1.807, 2.05) is 0 Å². The first-order valence-electron chi connectivity index (χ1n) is 12.9. The van der Waals surface area contributed by atoms with Crippen molar-refractivity contribution in [3.63, 3.8) is 0 Å². The SMILES string of the molecule is CN1CCN(C(=O)C[C@@H]2CC3(CCN(C(=O)CC4CCCC4)CC3)c3ccccc32)CC1. The van der Waals surface area contributed by atoms with E-state index < -0.39 is 0 Å². The van der Waals surface area contributed by atoms with Gasteiger partial charge in [-0.05, 0) is 67.5 Å². The van der Waals surface area contributed by atoms with Crippen molar-refractivity contribution >= 4 is 11.8 Å². The number of piperidine rings is 1. The molecule has 5 heteroatoms. The number of nitrogens with zero attached hydrogens (tertiary/aromatic N) is 3. The molecule has 1 aromatic rings. The van der Waals surface area contributed by atoms with Crippen molar-refractivity contribution in [3.8, 4) is 0 Å². The maximum absolute atomic E-state index is 13.1. The van der Waals surface area contributed by atoms with Gasteiger partial charge in [0, 0.05) is 52.1 Å². The molecule has 32 heavy (non-hydrogen) atoms. The maximum atomic E-state index is 13.1. The molecule has 0 unspecified atom stereocenters. The van der Waals surface area contributed by atoms with Gasteiger partial charge in [0.2, 0.25) is 11.8 Å². The number of hydrogen-bond acceptors (Lipinski definition) is 3. The average Bonchev–Trinajstić information content (AvgIpc) is 3.42. The molecule has 1 spiro atoms. The van der Waals surface area contributed by atoms with E-state index in [1.54, 1.807) is 0 Å². The highest BCUT2D eigenvalue weighted by atomic mass is 16.2. The molecule has 0 radical (unpaired) electrons. The van der Waals surface area contributed by atoms with Gasteiger partial charge in [-0.1, -0.05) is 37.1 Å². The van der Waals surface area contributed by atoms with Crippen LogP contribution in [0.15, 0.2) is 24.3 Å². The number of fused-ring (bicyclic) bond motifs is 2. The lowest BCUT2D eigenvalue weighted by Gasteiger charge is -2.41. The van der Waals surface area contributed by atoms with E-state index >= 15 is 0 Å². The van der Waals surface area contributed by atoms with Crippen LogP contribution in [-0.2, 0) is 15.0 Å². The fourth-order valence-corrected chi connectivity index (χ4v) is 6.85. The number of likely N-dealkylation sites (tertiary alicyclic amines) is 1. The standard InChI is InChI=1S/C27H39N3O2/c1-28-14-16-30(17-15-28)26(32)19-22-20-27(24-9-5-4-8-23(22)24)10-12-29(13-11-27)25(31)18-21-6-2-3-7-21/h4-5,8-9,21-22H,2-3,6-7,10-20H2,1H3/t22-/m1/s1. The van der Waals surface area contributed by atoms with Crippen molar-refractivity contribution in [2.24, 2.45) is 5.92 Å². The van der Waals surface area contributed by atoms with E-state index in [0.717, 1.165) is 65.0 Å². The van der Waals surface area contributed by atoms with E-state index in [4.69, 9.17) is 0 Å². The third kappa shape index (κ3) is 4.33. The molecule has 174 valence electrons. The van der Waals surface area contributed by atoms with Gasteiger partial charge >= 0.3 is 0 Å². The number of benzene rings is 1. The van der Waals surface area contributed by atoms with Crippen molar-refractivity contribution in [2.45, 2.75) is 69.1 Å². The van der Waals surface area contributed by atoms with Crippen LogP contribution in [-0.4, -0.2) is 72.8 Å². The Balaban J connectivity index is 1.23. The number of piperazine rings is 1. The van der Waals surface area contributed by atoms with Gasteiger partial charge in [0.15, 0.2) is 0 Å². The quantitative estimate of drug-likeness (QED) is 0.720. The number of rotatable bonds is 4. The minimum absolute atomic E-state index is 0.147. The third-order valence-electron chi connectivity index (χ3n) is 8.90. The van der Waals surface area contributed by atoms with Crippen molar-refractivity contribution < 1.29 is 9.59 Å². The summed E-state index contributed by atoms with van der Waals surface area (Å²) in [7, 11) is 2.13. The van der Waals surface area contributed by atoms with Crippen LogP contribution in [0, 0.1) is 5.92 Å². The van der Waals surface area contributed by atoms with E-state index in [1.165, 1.54) is 36.8 Å². The molecular formula is C27H39N3O2. The molecule has 5 nitrogen and oxygen atoms in total. The molecule has 1 atom stereocenters. The average molecular weight is 438 g/mol. The molecule has 2 aliphatic heterocycles. The van der Waals surface area contributed by atoms with E-state index in [9.17, 15) is 9.59 Å². The molecule has 0 N–H and O–H groups in total. The zero-order valence-corrected chi connectivity index (χ0v) is 19.7. The Morgan fingerprint density at radius 3 is 2.22 bits per heavy atom. The van der Waals surface area contributed by atoms with Crippen molar-refractivity contribution in [1.29, 1.82) is 0 Å². The molecule has 2 heterocycles. The predicted octanol–water partition coefficient (Wildman–Crippen LogP) is 3.78. The molecule has 1 saturated carbocycles. The largest absolute Gasteiger partial charge is 0.343 e. The highest BCUT2D eigenvalue weighted by Crippen LogP contribution is 2.52. The second kappa shape index (κ2) is 9.17. The Labute approximate surface area is 193 Å². The molecule has 2 aliphatic carbocycles. The third-order valence-corrected chi connectivity index (χ3v) is 8.90. The fraction of sp³-hybridized carbons (Fsp3) is 0.704. The molecular weight excluding hydrogens is 398 g/mol. The lowest BCUT2D eigenvalue weighted by molar-refractivity contribution is -0.133. The Kier molecular flexibility index (Phi) is 6.28. The first-order valence-corrected chi connectivity index (χ1v) is 12.9. The first kappa shape index (κ1) is 21.9. The number of carbonyl (C=O) groups is 2. The monoisotopic (exact) mass is 437 g/mol. The van der Waals surface area contributed by atoms with Gasteiger partial charge in [0.25, 0.3) is 0 Å². The summed E-state index contributed by atoms with van der Waals surface area (Å²) in [6, 6.07) is 8.84. The van der Waals surface area contributed by atoms with Crippen LogP contribution in [0.2, 0.25) is 0 Å². The maximum Gasteiger partial charge on any atom is 0.223 e. The highest BCUT2D eigenvalue weighted by molar-refractivity contribution is 5.78. The summed E-state index contributed by atoms with van der Waals surface area (Å²) in [6.07, 6.45) is 9.60. The molecule has 1 aromatic carbocycles. The molecule has 0 aromatic heterocycles. The minimum atomic E-state index is 0.147. The zero-order valence-electron chi connectivity index (χ0n) is 19.7. The van der Waals surface area contributed by atoms with Gasteiger partial charge < -0.3 is 14.7 Å². The highest BCUT2D eigenvalue weighted by Gasteiger charge is 2.46. The van der Waals surface area contributed by atoms with Gasteiger partial charge in [0.05, 0.1) is 0 Å². The second-order valence-electron chi connectivity index (χ2n) is 10.9. The summed E-state index contributed by atoms with van der Waals surface area (Å²) in [5.41, 5.74) is 2.99. The summed E-state index contributed by atoms with van der Waals surface area (Å²) in [5.74, 6) is 1.63. The van der Waals surface area contributed by atoms with Crippen LogP contribution >= 0.6 is 0 Å². The van der Waals surface area contributed by atoms with Crippen molar-refractivity contribution in [2.75, 3.05) is 46.3 Å². The summed E-state index contributed by atoms with van der Waals surface area (Å²) in [5, 5.41) is 0. The van der Waals surface area contributed by atoms with Gasteiger partial charge in [-0.2, -0.15) is 0 Å². The molecule has 2 amide bonds. The number of likely N-dealkylation sites (N-methyl/N-ethyl adjacent to an activating group) is 1. The van der Waals surface area contributed by atoms with Crippen LogP contribution in [0.25, 0.3) is 0 Å². The zero-order chi connectivity index (χ0) is 22.1. The Morgan fingerprint density at radius 1 is 0.875 bits per heavy atom. The minimum Gasteiger partial charge on any atom is -0.343 e. The van der Waals surface area contributed by atoms with Crippen LogP contribution in [0.3, 0.4) is 0 Å². The summed E-state index contributed by atoms with van der Waals surface area (Å²) < 4.78 is 0. The van der Waals surface area contributed by atoms with E-state index in [2.05, 4.69) is 46.0 Å². The summed E-state index contributed by atoms with van der Waals surface area (Å²) in [6.45, 7) is 5.40. The number of carbonyl (C=O) groups excluding carboxylic acids is 2. The number of hydrogen-bond donors (Lipinski definition) is 0. The Bertz CT molecular complexity index is 831. The summed E-state index contributed by atoms with van der Waals surface area (Å²) in [4.78, 5) is 32.5. The fourth-order valence-electron chi connectivity index (χ4n) is 6.85. The van der Waals surface area contributed by atoms with Crippen LogP contribution in [0.1, 0.15) is 74.8 Å². The Morgan fingerprint density at radius 2 is 1.50 bits per heavy atom. The van der Waals surface area contributed by atoms with Crippen LogP contribution in [0.4, 0.5) is 0 Å². The lowest BCUT2D eigenvalue weighted by atomic mass is 9.73. The second-order valence-corrected chi connectivity index (χ2v) is 10.9. The molecule has 4 aliphatic rings. The molecule has 0 bridgehead atoms. The topological polar surface area (TPSA) is 43.9 Å². The lowest BCUT2D eigenvalue weighted by Crippen LogP contribution is -2.47. The number of amides is 2. The predicted molar refractivity (Wildman–Crippen MR) is 127 cm³/mol. The summed E-state index contributed by atoms with van der Waals surface area (Å²) >= 11 is 0. The normalized spacial score (nSPS) is 26.0. The van der Waals surface area contributed by atoms with E-state index in [-0.39, 0.29) is 5.41 Å². The van der Waals surface area contributed by atoms with Gasteiger partial charge in [-0.25, -0.2) is 0 Å². The Hall–Kier alpha value is -1.88. The molecule has 3 fully saturated rings. The van der Waals surface area contributed by atoms with Crippen LogP contribution < -0.4 is 0 Å². The van der Waals surface area contributed by atoms with Gasteiger partial charge in [0.1, 0.15) is 0 Å². The molecule has 2 saturated heterocycles. The van der Waals surface area contributed by atoms with Crippen molar-refractivity contribution in [1.82, 2.24) is 14.7 Å². The van der Waals surface area contributed by atoms with Gasteiger partial charge in [-0.15, -0.1) is 0 Å². The van der Waals surface area contributed by atoms with Crippen molar-refractivity contribution in [3.05, 3.63) is 35.4 Å². The smallest absolute Gasteiger partial charge is 0.223 e. The molecule has 5 rings (SSSR count). The van der Waals surface area contributed by atoms with Crippen LogP contribution in [0.5, 0.6) is 0 Å². The first-order chi connectivity index (χ1) is 15.5.